The Morgan fingerprint density at radius 1 is 1.12 bits per heavy atom. The van der Waals surface area contributed by atoms with Crippen LogP contribution in [0, 0.1) is 0 Å². The van der Waals surface area contributed by atoms with Crippen molar-refractivity contribution in [3.05, 3.63) is 35.9 Å². The maximum absolute atomic E-state index is 12.1. The summed E-state index contributed by atoms with van der Waals surface area (Å²) in [5, 5.41) is 2.93. The van der Waals surface area contributed by atoms with E-state index in [2.05, 4.69) is 5.32 Å². The number of rotatable bonds is 4. The average molecular weight is 231 g/mol. The minimum Gasteiger partial charge on any atom is -0.307 e. The zero-order chi connectivity index (χ0) is 12.2. The van der Waals surface area contributed by atoms with Gasteiger partial charge in [-0.25, -0.2) is 0 Å². The predicted molar refractivity (Wildman–Crippen MR) is 58.1 cm³/mol. The number of hydrogen-bond donors (Lipinski definition) is 1. The van der Waals surface area contributed by atoms with E-state index in [1.165, 1.54) is 0 Å². The van der Waals surface area contributed by atoms with Gasteiger partial charge in [0.1, 0.15) is 0 Å². The molecule has 0 aliphatic rings. The molecule has 0 spiro atoms. The Labute approximate surface area is 93.7 Å². The molecule has 0 amide bonds. The number of alkyl halides is 3. The summed E-state index contributed by atoms with van der Waals surface area (Å²) in [4.78, 5) is 0. The van der Waals surface area contributed by atoms with E-state index in [9.17, 15) is 13.2 Å². The molecule has 90 valence electrons. The van der Waals surface area contributed by atoms with Crippen molar-refractivity contribution >= 4 is 0 Å². The average Bonchev–Trinajstić information content (AvgIpc) is 2.16. The van der Waals surface area contributed by atoms with E-state index in [1.54, 1.807) is 6.92 Å². The van der Waals surface area contributed by atoms with Crippen LogP contribution in [0.25, 0.3) is 0 Å². The molecule has 0 saturated carbocycles. The van der Waals surface area contributed by atoms with Crippen molar-refractivity contribution < 1.29 is 13.2 Å². The standard InChI is InChI=1S/C12H16F3N/c1-9(8-12(13,14)15)16-10(2)11-6-4-3-5-7-11/h3-7,9-10,16H,8H2,1-2H3. The zero-order valence-corrected chi connectivity index (χ0v) is 9.38. The monoisotopic (exact) mass is 231 g/mol. The zero-order valence-electron chi connectivity index (χ0n) is 9.38. The Kier molecular flexibility index (Phi) is 4.35. The summed E-state index contributed by atoms with van der Waals surface area (Å²) in [5.41, 5.74) is 0.997. The van der Waals surface area contributed by atoms with Gasteiger partial charge in [0, 0.05) is 12.1 Å². The molecule has 1 nitrogen and oxygen atoms in total. The molecule has 0 radical (unpaired) electrons. The number of halogens is 3. The van der Waals surface area contributed by atoms with Gasteiger partial charge in [-0.2, -0.15) is 13.2 Å². The lowest BCUT2D eigenvalue weighted by atomic mass is 10.1. The van der Waals surface area contributed by atoms with Gasteiger partial charge in [-0.3, -0.25) is 0 Å². The molecule has 0 aromatic heterocycles. The van der Waals surface area contributed by atoms with Crippen molar-refractivity contribution in [2.75, 3.05) is 0 Å². The second kappa shape index (κ2) is 5.34. The highest BCUT2D eigenvalue weighted by Gasteiger charge is 2.30. The van der Waals surface area contributed by atoms with Crippen LogP contribution in [0.15, 0.2) is 30.3 Å². The van der Waals surface area contributed by atoms with Gasteiger partial charge < -0.3 is 5.32 Å². The van der Waals surface area contributed by atoms with Crippen LogP contribution in [0.2, 0.25) is 0 Å². The molecule has 0 heterocycles. The molecular formula is C12H16F3N. The molecule has 0 fully saturated rings. The predicted octanol–water partition coefficient (Wildman–Crippen LogP) is 3.68. The molecule has 16 heavy (non-hydrogen) atoms. The third-order valence-electron chi connectivity index (χ3n) is 2.37. The number of benzene rings is 1. The van der Waals surface area contributed by atoms with Crippen LogP contribution in [-0.4, -0.2) is 12.2 Å². The number of hydrogen-bond acceptors (Lipinski definition) is 1. The van der Waals surface area contributed by atoms with E-state index in [0.29, 0.717) is 0 Å². The summed E-state index contributed by atoms with van der Waals surface area (Å²) < 4.78 is 36.4. The third-order valence-corrected chi connectivity index (χ3v) is 2.37. The van der Waals surface area contributed by atoms with Gasteiger partial charge in [-0.1, -0.05) is 30.3 Å². The lowest BCUT2D eigenvalue weighted by Crippen LogP contribution is -2.33. The molecular weight excluding hydrogens is 215 g/mol. The summed E-state index contributed by atoms with van der Waals surface area (Å²) in [6.45, 7) is 3.41. The first-order valence-electron chi connectivity index (χ1n) is 5.26. The molecule has 0 aliphatic heterocycles. The maximum Gasteiger partial charge on any atom is 0.390 e. The molecule has 0 aliphatic carbocycles. The van der Waals surface area contributed by atoms with Crippen LogP contribution in [-0.2, 0) is 0 Å². The quantitative estimate of drug-likeness (QED) is 0.833. The van der Waals surface area contributed by atoms with Gasteiger partial charge in [0.25, 0.3) is 0 Å². The van der Waals surface area contributed by atoms with Crippen LogP contribution in [0.3, 0.4) is 0 Å². The third kappa shape index (κ3) is 4.66. The van der Waals surface area contributed by atoms with E-state index in [4.69, 9.17) is 0 Å². The molecule has 2 atom stereocenters. The second-order valence-corrected chi connectivity index (χ2v) is 4.02. The largest absolute Gasteiger partial charge is 0.390 e. The maximum atomic E-state index is 12.1. The summed E-state index contributed by atoms with van der Waals surface area (Å²) in [6.07, 6.45) is -4.91. The fraction of sp³-hybridized carbons (Fsp3) is 0.500. The first-order chi connectivity index (χ1) is 7.38. The Morgan fingerprint density at radius 3 is 2.19 bits per heavy atom. The molecule has 0 bridgehead atoms. The van der Waals surface area contributed by atoms with Gasteiger partial charge in [0.05, 0.1) is 6.42 Å². The van der Waals surface area contributed by atoms with Crippen LogP contribution >= 0.6 is 0 Å². The topological polar surface area (TPSA) is 12.0 Å². The fourth-order valence-electron chi connectivity index (χ4n) is 1.67. The van der Waals surface area contributed by atoms with Crippen LogP contribution in [0.4, 0.5) is 13.2 Å². The highest BCUT2D eigenvalue weighted by Crippen LogP contribution is 2.22. The second-order valence-electron chi connectivity index (χ2n) is 4.02. The summed E-state index contributed by atoms with van der Waals surface area (Å²) in [6, 6.07) is 8.80. The van der Waals surface area contributed by atoms with Crippen molar-refractivity contribution in [1.82, 2.24) is 5.32 Å². The van der Waals surface area contributed by atoms with Gasteiger partial charge in [0.2, 0.25) is 0 Å². The summed E-state index contributed by atoms with van der Waals surface area (Å²) >= 11 is 0. The molecule has 1 aromatic carbocycles. The first-order valence-corrected chi connectivity index (χ1v) is 5.26. The van der Waals surface area contributed by atoms with E-state index >= 15 is 0 Å². The van der Waals surface area contributed by atoms with Gasteiger partial charge in [-0.05, 0) is 19.4 Å². The van der Waals surface area contributed by atoms with Crippen molar-refractivity contribution in [3.8, 4) is 0 Å². The summed E-state index contributed by atoms with van der Waals surface area (Å²) in [5.74, 6) is 0. The van der Waals surface area contributed by atoms with Gasteiger partial charge >= 0.3 is 6.18 Å². The van der Waals surface area contributed by atoms with E-state index in [1.807, 2.05) is 37.3 Å². The van der Waals surface area contributed by atoms with Crippen molar-refractivity contribution in [2.24, 2.45) is 0 Å². The van der Waals surface area contributed by atoms with Crippen LogP contribution in [0.1, 0.15) is 31.9 Å². The normalized spacial score (nSPS) is 15.8. The number of nitrogens with one attached hydrogen (secondary N) is 1. The van der Waals surface area contributed by atoms with E-state index < -0.39 is 18.6 Å². The van der Waals surface area contributed by atoms with Gasteiger partial charge in [-0.15, -0.1) is 0 Å². The fourth-order valence-corrected chi connectivity index (χ4v) is 1.67. The van der Waals surface area contributed by atoms with E-state index in [-0.39, 0.29) is 6.04 Å². The Morgan fingerprint density at radius 2 is 1.69 bits per heavy atom. The lowest BCUT2D eigenvalue weighted by Gasteiger charge is -2.21. The summed E-state index contributed by atoms with van der Waals surface area (Å²) in [7, 11) is 0. The smallest absolute Gasteiger partial charge is 0.307 e. The van der Waals surface area contributed by atoms with Crippen molar-refractivity contribution in [2.45, 2.75) is 38.5 Å². The van der Waals surface area contributed by atoms with Crippen molar-refractivity contribution in [1.29, 1.82) is 0 Å². The van der Waals surface area contributed by atoms with Crippen LogP contribution < -0.4 is 5.32 Å². The SMILES string of the molecule is CC(CC(F)(F)F)NC(C)c1ccccc1. The molecule has 1 rings (SSSR count). The molecule has 0 saturated heterocycles. The Bertz CT molecular complexity index is 308. The highest BCUT2D eigenvalue weighted by atomic mass is 19.4. The molecule has 1 N–H and O–H groups in total. The molecule has 2 unspecified atom stereocenters. The Hall–Kier alpha value is -1.03. The van der Waals surface area contributed by atoms with Gasteiger partial charge in [0.15, 0.2) is 0 Å². The minimum absolute atomic E-state index is 0.0708. The molecule has 4 heteroatoms. The van der Waals surface area contributed by atoms with Crippen LogP contribution in [0.5, 0.6) is 0 Å². The molecule has 1 aromatic rings. The Balaban J connectivity index is 2.49. The van der Waals surface area contributed by atoms with E-state index in [0.717, 1.165) is 5.56 Å². The first kappa shape index (κ1) is 13.0. The van der Waals surface area contributed by atoms with Crippen molar-refractivity contribution in [3.63, 3.8) is 0 Å². The highest BCUT2D eigenvalue weighted by molar-refractivity contribution is 5.18. The minimum atomic E-state index is -4.11. The lowest BCUT2D eigenvalue weighted by molar-refractivity contribution is -0.139.